The predicted molar refractivity (Wildman–Crippen MR) is 112 cm³/mol. The zero-order chi connectivity index (χ0) is 19.1. The van der Waals surface area contributed by atoms with E-state index in [1.807, 2.05) is 49.4 Å². The van der Waals surface area contributed by atoms with Crippen LogP contribution in [-0.4, -0.2) is 21.7 Å². The van der Waals surface area contributed by atoms with Crippen molar-refractivity contribution in [3.63, 3.8) is 0 Å². The van der Waals surface area contributed by atoms with Gasteiger partial charge in [-0.15, -0.1) is 0 Å². The molecule has 2 heterocycles. The van der Waals surface area contributed by atoms with Gasteiger partial charge in [-0.05, 0) is 55.2 Å². The highest BCUT2D eigenvalue weighted by atomic mass is 32.2. The second-order valence-electron chi connectivity index (χ2n) is 5.62. The van der Waals surface area contributed by atoms with Gasteiger partial charge < -0.3 is 11.1 Å². The van der Waals surface area contributed by atoms with Crippen LogP contribution in [0.15, 0.2) is 69.9 Å². The fourth-order valence-electron chi connectivity index (χ4n) is 2.43. The maximum Gasteiger partial charge on any atom is 0.170 e. The van der Waals surface area contributed by atoms with E-state index in [0.29, 0.717) is 18.2 Å². The van der Waals surface area contributed by atoms with Crippen LogP contribution in [-0.2, 0) is 6.54 Å². The molecule has 0 radical (unpaired) electrons. The molecule has 1 aromatic carbocycles. The van der Waals surface area contributed by atoms with Gasteiger partial charge in [-0.25, -0.2) is 15.0 Å². The van der Waals surface area contributed by atoms with Crippen molar-refractivity contribution in [2.75, 3.05) is 11.1 Å². The highest BCUT2D eigenvalue weighted by Crippen LogP contribution is 2.27. The van der Waals surface area contributed by atoms with E-state index < -0.39 is 0 Å². The first-order valence-electron chi connectivity index (χ1n) is 8.37. The van der Waals surface area contributed by atoms with Crippen LogP contribution in [0, 0.1) is 0 Å². The summed E-state index contributed by atoms with van der Waals surface area (Å²) in [7, 11) is 0. The molecule has 136 valence electrons. The van der Waals surface area contributed by atoms with E-state index in [4.69, 9.17) is 5.73 Å². The maximum atomic E-state index is 5.97. The molecule has 3 aromatic rings. The molecule has 0 unspecified atom stereocenters. The van der Waals surface area contributed by atoms with Gasteiger partial charge >= 0.3 is 0 Å². The minimum atomic E-state index is 0.360. The number of benzene rings is 1. The molecule has 0 aliphatic rings. The van der Waals surface area contributed by atoms with Crippen molar-refractivity contribution in [3.8, 4) is 0 Å². The number of aliphatic imine (C=N–C) groups is 1. The van der Waals surface area contributed by atoms with E-state index in [2.05, 4.69) is 38.0 Å². The fourth-order valence-corrected chi connectivity index (χ4v) is 3.15. The quantitative estimate of drug-likeness (QED) is 0.587. The molecule has 6 nitrogen and oxygen atoms in total. The molecule has 2 aromatic heterocycles. The predicted octanol–water partition coefficient (Wildman–Crippen LogP) is 4.58. The molecule has 0 spiro atoms. The third-order valence-corrected chi connectivity index (χ3v) is 4.55. The average Bonchev–Trinajstić information content (AvgIpc) is 2.69. The lowest BCUT2D eigenvalue weighted by molar-refractivity contribution is 1.02. The number of pyridine rings is 1. The molecule has 0 fully saturated rings. The number of rotatable bonds is 7. The van der Waals surface area contributed by atoms with Gasteiger partial charge in [0.2, 0.25) is 0 Å². The van der Waals surface area contributed by atoms with Crippen molar-refractivity contribution in [1.29, 1.82) is 0 Å². The SMILES string of the molecule is C=Nc1ccc(CNc2nc(Sc3ccccn3)cnc2N)cc1/C=C\C. The zero-order valence-electron chi connectivity index (χ0n) is 15.0. The van der Waals surface area contributed by atoms with Gasteiger partial charge in [-0.3, -0.25) is 4.99 Å². The summed E-state index contributed by atoms with van der Waals surface area (Å²) in [5, 5.41) is 4.84. The minimum absolute atomic E-state index is 0.360. The summed E-state index contributed by atoms with van der Waals surface area (Å²) in [5.74, 6) is 0.910. The molecule has 0 amide bonds. The Kier molecular flexibility index (Phi) is 6.17. The highest BCUT2D eigenvalue weighted by molar-refractivity contribution is 7.99. The third-order valence-electron chi connectivity index (χ3n) is 3.69. The summed E-state index contributed by atoms with van der Waals surface area (Å²) in [6, 6.07) is 11.7. The molecule has 0 aliphatic heterocycles. The topological polar surface area (TPSA) is 89.1 Å². The molecule has 0 saturated heterocycles. The minimum Gasteiger partial charge on any atom is -0.381 e. The van der Waals surface area contributed by atoms with Crippen LogP contribution < -0.4 is 11.1 Å². The van der Waals surface area contributed by atoms with E-state index in [-0.39, 0.29) is 0 Å². The monoisotopic (exact) mass is 376 g/mol. The lowest BCUT2D eigenvalue weighted by Crippen LogP contribution is -2.06. The van der Waals surface area contributed by atoms with E-state index >= 15 is 0 Å². The Morgan fingerprint density at radius 1 is 1.22 bits per heavy atom. The molecule has 0 saturated carbocycles. The second kappa shape index (κ2) is 8.95. The van der Waals surface area contributed by atoms with Gasteiger partial charge in [0.25, 0.3) is 0 Å². The van der Waals surface area contributed by atoms with E-state index in [9.17, 15) is 0 Å². The van der Waals surface area contributed by atoms with Crippen molar-refractivity contribution < 1.29 is 0 Å². The summed E-state index contributed by atoms with van der Waals surface area (Å²) in [6.45, 7) is 6.15. The summed E-state index contributed by atoms with van der Waals surface area (Å²) in [6.07, 6.45) is 7.37. The van der Waals surface area contributed by atoms with Gasteiger partial charge in [0.05, 0.1) is 11.9 Å². The summed E-state index contributed by atoms with van der Waals surface area (Å²) in [4.78, 5) is 17.1. The lowest BCUT2D eigenvalue weighted by atomic mass is 10.1. The van der Waals surface area contributed by atoms with Gasteiger partial charge in [0.15, 0.2) is 11.6 Å². The Morgan fingerprint density at radius 2 is 2.11 bits per heavy atom. The van der Waals surface area contributed by atoms with Crippen LogP contribution in [0.2, 0.25) is 0 Å². The smallest absolute Gasteiger partial charge is 0.170 e. The number of hydrogen-bond donors (Lipinski definition) is 2. The Hall–Kier alpha value is -3.19. The largest absolute Gasteiger partial charge is 0.381 e. The number of nitrogens with one attached hydrogen (secondary N) is 1. The maximum absolute atomic E-state index is 5.97. The molecule has 3 N–H and O–H groups in total. The van der Waals surface area contributed by atoms with Gasteiger partial charge in [-0.2, -0.15) is 0 Å². The van der Waals surface area contributed by atoms with Crippen LogP contribution in [0.4, 0.5) is 17.3 Å². The average molecular weight is 376 g/mol. The van der Waals surface area contributed by atoms with Gasteiger partial charge in [0.1, 0.15) is 10.1 Å². The van der Waals surface area contributed by atoms with E-state index in [0.717, 1.165) is 26.9 Å². The van der Waals surface area contributed by atoms with Gasteiger partial charge in [-0.1, -0.05) is 24.3 Å². The van der Waals surface area contributed by atoms with Crippen molar-refractivity contribution in [2.24, 2.45) is 4.99 Å². The number of nitrogens with two attached hydrogens (primary N) is 1. The third kappa shape index (κ3) is 4.92. The van der Waals surface area contributed by atoms with Crippen LogP contribution >= 0.6 is 11.8 Å². The Labute approximate surface area is 162 Å². The Balaban J connectivity index is 1.75. The molecule has 0 bridgehead atoms. The Bertz CT molecular complexity index is 956. The van der Waals surface area contributed by atoms with Crippen LogP contribution in [0.5, 0.6) is 0 Å². The summed E-state index contributed by atoms with van der Waals surface area (Å²) >= 11 is 1.44. The highest BCUT2D eigenvalue weighted by Gasteiger charge is 2.07. The number of hydrogen-bond acceptors (Lipinski definition) is 7. The van der Waals surface area contributed by atoms with Gasteiger partial charge in [0, 0.05) is 18.3 Å². The molecular weight excluding hydrogens is 356 g/mol. The molecule has 0 atom stereocenters. The molecule has 0 aliphatic carbocycles. The fraction of sp³-hybridized carbons (Fsp3) is 0.100. The first kappa shape index (κ1) is 18.6. The number of aromatic nitrogens is 3. The molecular formula is C20H20N6S. The Morgan fingerprint density at radius 3 is 2.85 bits per heavy atom. The summed E-state index contributed by atoms with van der Waals surface area (Å²) in [5.41, 5.74) is 8.93. The standard InChI is InChI=1S/C20H20N6S/c1-3-6-15-11-14(8-9-16(15)22-2)12-25-20-19(21)24-13-18(26-20)27-17-7-4-5-10-23-17/h3-11,13H,2,12H2,1H3,(H2,21,24)(H,25,26)/b6-3-. The van der Waals surface area contributed by atoms with Crippen LogP contribution in [0.1, 0.15) is 18.1 Å². The zero-order valence-corrected chi connectivity index (χ0v) is 15.8. The van der Waals surface area contributed by atoms with Crippen molar-refractivity contribution >= 4 is 41.9 Å². The molecule has 7 heteroatoms. The summed E-state index contributed by atoms with van der Waals surface area (Å²) < 4.78 is 0. The number of anilines is 2. The van der Waals surface area contributed by atoms with Crippen LogP contribution in [0.3, 0.4) is 0 Å². The number of allylic oxidation sites excluding steroid dienone is 1. The van der Waals surface area contributed by atoms with Crippen molar-refractivity contribution in [3.05, 3.63) is 66.0 Å². The molecule has 3 rings (SSSR count). The number of nitrogen functional groups attached to an aromatic ring is 1. The van der Waals surface area contributed by atoms with E-state index in [1.54, 1.807) is 12.4 Å². The van der Waals surface area contributed by atoms with Crippen molar-refractivity contribution in [1.82, 2.24) is 15.0 Å². The van der Waals surface area contributed by atoms with Crippen molar-refractivity contribution in [2.45, 2.75) is 23.5 Å². The lowest BCUT2D eigenvalue weighted by Gasteiger charge is -2.10. The van der Waals surface area contributed by atoms with Crippen LogP contribution in [0.25, 0.3) is 6.08 Å². The first-order chi connectivity index (χ1) is 13.2. The molecule has 27 heavy (non-hydrogen) atoms. The van der Waals surface area contributed by atoms with E-state index in [1.165, 1.54) is 11.8 Å². The number of nitrogens with zero attached hydrogens (tertiary/aromatic N) is 4. The first-order valence-corrected chi connectivity index (χ1v) is 9.19. The normalized spacial score (nSPS) is 10.9. The second-order valence-corrected chi connectivity index (χ2v) is 6.66.